The van der Waals surface area contributed by atoms with Gasteiger partial charge in [0.1, 0.15) is 12.5 Å². The van der Waals surface area contributed by atoms with Crippen molar-refractivity contribution < 1.29 is 14.3 Å². The maximum atomic E-state index is 11.7. The van der Waals surface area contributed by atoms with Crippen molar-refractivity contribution in [2.75, 3.05) is 33.5 Å². The van der Waals surface area contributed by atoms with Crippen molar-refractivity contribution in [2.24, 2.45) is 5.92 Å². The minimum atomic E-state index is -0.835. The van der Waals surface area contributed by atoms with Crippen LogP contribution in [0.5, 0.6) is 5.75 Å². The number of carbonyl (C=O) groups excluding carboxylic acids is 1. The summed E-state index contributed by atoms with van der Waals surface area (Å²) in [5, 5.41) is 15.6. The number of nitrogens with one attached hydrogen (secondary N) is 3. The number of likely N-dealkylation sites (tertiary alicyclic amines) is 1. The minimum Gasteiger partial charge on any atom is -0.497 e. The maximum Gasteiger partial charge on any atom is 0.219 e. The van der Waals surface area contributed by atoms with Gasteiger partial charge in [0.05, 0.1) is 12.8 Å². The second kappa shape index (κ2) is 12.7. The summed E-state index contributed by atoms with van der Waals surface area (Å²) in [6.07, 6.45) is 3.70. The predicted octanol–water partition coefficient (Wildman–Crippen LogP) is 4.29. The molecule has 2 fully saturated rings. The molecule has 41 heavy (non-hydrogen) atoms. The van der Waals surface area contributed by atoms with Gasteiger partial charge in [-0.25, -0.2) is 0 Å². The van der Waals surface area contributed by atoms with Crippen LogP contribution in [0.4, 0.5) is 0 Å². The molecule has 0 saturated carbocycles. The first-order chi connectivity index (χ1) is 19.8. The molecule has 2 saturated heterocycles. The fraction of sp³-hybridized carbons (Fsp3) is 0.406. The molecule has 2 aliphatic heterocycles. The van der Waals surface area contributed by atoms with Gasteiger partial charge >= 0.3 is 0 Å². The third kappa shape index (κ3) is 6.86. The second-order valence-corrected chi connectivity index (χ2v) is 11.0. The van der Waals surface area contributed by atoms with Crippen LogP contribution in [0.25, 0.3) is 11.1 Å². The number of hydrogen-bond donors (Lipinski definition) is 3. The number of rotatable bonds is 9. The van der Waals surface area contributed by atoms with E-state index in [0.29, 0.717) is 31.7 Å². The van der Waals surface area contributed by atoms with Gasteiger partial charge < -0.3 is 29.9 Å². The number of nitrogens with zero attached hydrogens (tertiary/aromatic N) is 3. The SMILES string of the molecule is COc1ccc(CNCc2ccccn2)c(-c2cccc(C3(C)NC(=N)N(CC4CCN(C(C)=O)CC4)CO3)c2)c1. The molecule has 2 aliphatic rings. The van der Waals surface area contributed by atoms with Crippen LogP contribution in [0.3, 0.4) is 0 Å². The summed E-state index contributed by atoms with van der Waals surface area (Å²) in [4.78, 5) is 19.9. The Balaban J connectivity index is 1.27. The fourth-order valence-corrected chi connectivity index (χ4v) is 5.57. The number of aromatic nitrogens is 1. The van der Waals surface area contributed by atoms with Gasteiger partial charge in [-0.3, -0.25) is 15.2 Å². The Labute approximate surface area is 242 Å². The van der Waals surface area contributed by atoms with Crippen LogP contribution in [0.1, 0.15) is 43.5 Å². The lowest BCUT2D eigenvalue weighted by molar-refractivity contribution is -0.131. The zero-order valence-electron chi connectivity index (χ0n) is 24.2. The van der Waals surface area contributed by atoms with Gasteiger partial charge in [0.25, 0.3) is 0 Å². The van der Waals surface area contributed by atoms with E-state index in [-0.39, 0.29) is 5.91 Å². The Kier molecular flexibility index (Phi) is 8.85. The summed E-state index contributed by atoms with van der Waals surface area (Å²) in [5.41, 5.74) is 4.39. The number of ether oxygens (including phenoxy) is 2. The van der Waals surface area contributed by atoms with Gasteiger partial charge in [-0.1, -0.05) is 30.3 Å². The van der Waals surface area contributed by atoms with Crippen LogP contribution in [0, 0.1) is 11.3 Å². The summed E-state index contributed by atoms with van der Waals surface area (Å²) in [7, 11) is 1.68. The molecular formula is C32H40N6O3. The first-order valence-corrected chi connectivity index (χ1v) is 14.2. The molecule has 5 rings (SSSR count). The largest absolute Gasteiger partial charge is 0.497 e. The van der Waals surface area contributed by atoms with Crippen LogP contribution in [-0.4, -0.2) is 60.1 Å². The maximum absolute atomic E-state index is 11.7. The zero-order valence-corrected chi connectivity index (χ0v) is 24.2. The first-order valence-electron chi connectivity index (χ1n) is 14.2. The number of amides is 1. The molecule has 9 nitrogen and oxygen atoms in total. The Morgan fingerprint density at radius 1 is 1.15 bits per heavy atom. The van der Waals surface area contributed by atoms with E-state index in [1.54, 1.807) is 20.2 Å². The molecule has 0 spiro atoms. The smallest absolute Gasteiger partial charge is 0.219 e. The lowest BCUT2D eigenvalue weighted by atomic mass is 9.94. The lowest BCUT2D eigenvalue weighted by Gasteiger charge is -2.44. The van der Waals surface area contributed by atoms with Crippen molar-refractivity contribution >= 4 is 11.9 Å². The molecule has 2 aromatic carbocycles. The summed E-state index contributed by atoms with van der Waals surface area (Å²) >= 11 is 0. The molecule has 1 amide bonds. The number of benzene rings is 2. The molecule has 9 heteroatoms. The van der Waals surface area contributed by atoms with Crippen molar-refractivity contribution in [3.8, 4) is 16.9 Å². The number of hydrogen-bond acceptors (Lipinski definition) is 6. The van der Waals surface area contributed by atoms with Crippen LogP contribution >= 0.6 is 0 Å². The van der Waals surface area contributed by atoms with E-state index in [1.165, 1.54) is 0 Å². The van der Waals surface area contributed by atoms with Crippen molar-refractivity contribution in [2.45, 2.75) is 45.5 Å². The predicted molar refractivity (Wildman–Crippen MR) is 159 cm³/mol. The van der Waals surface area contributed by atoms with E-state index in [9.17, 15) is 4.79 Å². The molecule has 216 valence electrons. The van der Waals surface area contributed by atoms with E-state index in [4.69, 9.17) is 14.9 Å². The van der Waals surface area contributed by atoms with Crippen molar-refractivity contribution in [1.29, 1.82) is 5.41 Å². The zero-order chi connectivity index (χ0) is 28.8. The van der Waals surface area contributed by atoms with Crippen LogP contribution in [0.2, 0.25) is 0 Å². The highest BCUT2D eigenvalue weighted by molar-refractivity contribution is 5.78. The molecule has 3 heterocycles. The van der Waals surface area contributed by atoms with E-state index in [1.807, 2.05) is 53.1 Å². The highest BCUT2D eigenvalue weighted by Gasteiger charge is 2.36. The van der Waals surface area contributed by atoms with Gasteiger partial charge in [-0.2, -0.15) is 0 Å². The average Bonchev–Trinajstić information content (AvgIpc) is 2.99. The summed E-state index contributed by atoms with van der Waals surface area (Å²) in [6.45, 7) is 7.60. The molecule has 0 bridgehead atoms. The summed E-state index contributed by atoms with van der Waals surface area (Å²) in [6, 6.07) is 20.4. The Morgan fingerprint density at radius 2 is 1.98 bits per heavy atom. The minimum absolute atomic E-state index is 0.138. The third-order valence-corrected chi connectivity index (χ3v) is 8.11. The summed E-state index contributed by atoms with van der Waals surface area (Å²) < 4.78 is 11.9. The second-order valence-electron chi connectivity index (χ2n) is 11.0. The Hall–Kier alpha value is -3.95. The molecule has 1 atom stereocenters. The summed E-state index contributed by atoms with van der Waals surface area (Å²) in [5.74, 6) is 1.73. The average molecular weight is 557 g/mol. The van der Waals surface area contributed by atoms with Gasteiger partial charge in [0, 0.05) is 51.4 Å². The molecular weight excluding hydrogens is 516 g/mol. The topological polar surface area (TPSA) is 103 Å². The number of carbonyl (C=O) groups is 1. The highest BCUT2D eigenvalue weighted by atomic mass is 16.5. The molecule has 1 unspecified atom stereocenters. The molecule has 1 aromatic heterocycles. The van der Waals surface area contributed by atoms with Crippen LogP contribution in [0.15, 0.2) is 66.9 Å². The molecule has 3 N–H and O–H groups in total. The molecule has 3 aromatic rings. The Morgan fingerprint density at radius 3 is 2.68 bits per heavy atom. The fourth-order valence-electron chi connectivity index (χ4n) is 5.57. The van der Waals surface area contributed by atoms with E-state index in [0.717, 1.165) is 66.2 Å². The van der Waals surface area contributed by atoms with Crippen molar-refractivity contribution in [1.82, 2.24) is 25.4 Å². The van der Waals surface area contributed by atoms with Crippen LogP contribution in [-0.2, 0) is 28.3 Å². The van der Waals surface area contributed by atoms with Gasteiger partial charge in [0.15, 0.2) is 11.7 Å². The number of guanidine groups is 1. The first kappa shape index (κ1) is 28.6. The van der Waals surface area contributed by atoms with E-state index < -0.39 is 5.72 Å². The van der Waals surface area contributed by atoms with Crippen molar-refractivity contribution in [3.63, 3.8) is 0 Å². The van der Waals surface area contributed by atoms with Crippen molar-refractivity contribution in [3.05, 3.63) is 83.7 Å². The normalized spacial score (nSPS) is 19.6. The lowest BCUT2D eigenvalue weighted by Crippen LogP contribution is -2.59. The number of methoxy groups -OCH3 is 1. The Bertz CT molecular complexity index is 1360. The number of piperidine rings is 1. The third-order valence-electron chi connectivity index (χ3n) is 8.11. The highest BCUT2D eigenvalue weighted by Crippen LogP contribution is 2.33. The van der Waals surface area contributed by atoms with E-state index >= 15 is 0 Å². The monoisotopic (exact) mass is 556 g/mol. The quantitative estimate of drug-likeness (QED) is 0.361. The molecule has 0 aliphatic carbocycles. The standard InChI is InChI=1S/C32H40N6O3/c1-23(39)37-15-12-24(13-16-37)21-38-22-41-32(2,36-31(38)33)27-8-6-7-25(17-27)30-18-29(40-3)11-10-26(30)19-34-20-28-9-4-5-14-35-28/h4-11,14,17-18,24,34H,12-13,15-16,19-22H2,1-3H3,(H2,33,36). The van der Waals surface area contributed by atoms with Gasteiger partial charge in [0.2, 0.25) is 5.91 Å². The number of pyridine rings is 1. The van der Waals surface area contributed by atoms with Gasteiger partial charge in [-0.05, 0) is 72.7 Å². The van der Waals surface area contributed by atoms with Crippen LogP contribution < -0.4 is 15.4 Å². The molecule has 0 radical (unpaired) electrons. The van der Waals surface area contributed by atoms with Gasteiger partial charge in [-0.15, -0.1) is 0 Å². The van der Waals surface area contributed by atoms with E-state index in [2.05, 4.69) is 39.9 Å².